The van der Waals surface area contributed by atoms with E-state index in [0.717, 1.165) is 5.56 Å². The second kappa shape index (κ2) is 10.4. The summed E-state index contributed by atoms with van der Waals surface area (Å²) in [7, 11) is 1.47. The number of aromatic nitrogens is 1. The fourth-order valence-electron chi connectivity index (χ4n) is 2.90. The maximum atomic E-state index is 12.7. The van der Waals surface area contributed by atoms with Gasteiger partial charge in [-0.25, -0.2) is 0 Å². The second-order valence-corrected chi connectivity index (χ2v) is 7.01. The van der Waals surface area contributed by atoms with E-state index in [-0.39, 0.29) is 11.1 Å². The number of nitrogens with zero attached hydrogens (tertiary/aromatic N) is 1. The van der Waals surface area contributed by atoms with E-state index in [4.69, 9.17) is 16.3 Å². The number of Topliss-reactive ketones (excluding diaryl/α,β-unsaturated/α-hetero) is 1. The molecule has 0 saturated carbocycles. The third-order valence-electron chi connectivity index (χ3n) is 4.42. The molecule has 0 atom stereocenters. The molecule has 2 aromatic carbocycles. The maximum Gasteiger partial charge on any atom is 0.296 e. The molecule has 2 amide bonds. The third kappa shape index (κ3) is 5.90. The van der Waals surface area contributed by atoms with E-state index in [0.29, 0.717) is 29.4 Å². The molecule has 1 heterocycles. The normalized spacial score (nSPS) is 10.3. The van der Waals surface area contributed by atoms with Crippen LogP contribution in [0.15, 0.2) is 67.0 Å². The summed E-state index contributed by atoms with van der Waals surface area (Å²) in [5.74, 6) is -1.72. The van der Waals surface area contributed by atoms with E-state index >= 15 is 0 Å². The van der Waals surface area contributed by atoms with E-state index in [9.17, 15) is 14.4 Å². The zero-order valence-electron chi connectivity index (χ0n) is 16.7. The van der Waals surface area contributed by atoms with Crippen LogP contribution < -0.4 is 15.4 Å². The molecule has 7 nitrogen and oxygen atoms in total. The minimum atomic E-state index is -0.880. The summed E-state index contributed by atoms with van der Waals surface area (Å²) in [6, 6.07) is 15.0. The molecule has 0 fully saturated rings. The Balaban J connectivity index is 1.67. The van der Waals surface area contributed by atoms with E-state index in [2.05, 4.69) is 15.6 Å². The van der Waals surface area contributed by atoms with Gasteiger partial charge in [0.15, 0.2) is 0 Å². The number of carbonyl (C=O) groups excluding carboxylic acids is 3. The number of hydrogen-bond donors (Lipinski definition) is 2. The van der Waals surface area contributed by atoms with Crippen LogP contribution in [0.4, 0.5) is 5.69 Å². The second-order valence-electron chi connectivity index (χ2n) is 6.58. The van der Waals surface area contributed by atoms with Gasteiger partial charge in [-0.3, -0.25) is 19.4 Å². The number of methoxy groups -OCH3 is 1. The molecule has 31 heavy (non-hydrogen) atoms. The topological polar surface area (TPSA) is 97.4 Å². The molecule has 3 rings (SSSR count). The first kappa shape index (κ1) is 22.0. The predicted molar refractivity (Wildman–Crippen MR) is 118 cm³/mol. The van der Waals surface area contributed by atoms with E-state index < -0.39 is 17.6 Å². The highest BCUT2D eigenvalue weighted by molar-refractivity contribution is 6.47. The Morgan fingerprint density at radius 3 is 2.52 bits per heavy atom. The number of amides is 2. The molecule has 0 aliphatic heterocycles. The molecular formula is C23H20ClN3O4. The number of benzene rings is 2. The van der Waals surface area contributed by atoms with Crippen LogP contribution >= 0.6 is 11.6 Å². The highest BCUT2D eigenvalue weighted by atomic mass is 35.5. The average Bonchev–Trinajstić information content (AvgIpc) is 2.78. The first-order valence-corrected chi connectivity index (χ1v) is 9.82. The van der Waals surface area contributed by atoms with Crippen molar-refractivity contribution in [3.63, 3.8) is 0 Å². The van der Waals surface area contributed by atoms with Crippen LogP contribution in [0.25, 0.3) is 0 Å². The molecule has 0 aliphatic rings. The summed E-state index contributed by atoms with van der Waals surface area (Å²) in [6.07, 6.45) is 3.44. The van der Waals surface area contributed by atoms with Crippen molar-refractivity contribution in [3.8, 4) is 5.75 Å². The molecule has 0 spiro atoms. The minimum absolute atomic E-state index is 0.0103. The fraction of sp³-hybridized carbons (Fsp3) is 0.130. The van der Waals surface area contributed by atoms with Crippen LogP contribution in [0.2, 0.25) is 5.02 Å². The Kier molecular flexibility index (Phi) is 7.35. The largest absolute Gasteiger partial charge is 0.495 e. The molecule has 0 radical (unpaired) electrons. The number of carbonyl (C=O) groups is 3. The average molecular weight is 438 g/mol. The number of halogens is 1. The van der Waals surface area contributed by atoms with Gasteiger partial charge in [0.1, 0.15) is 5.75 Å². The molecule has 8 heteroatoms. The maximum absolute atomic E-state index is 12.7. The van der Waals surface area contributed by atoms with Gasteiger partial charge in [0.05, 0.1) is 30.8 Å². The van der Waals surface area contributed by atoms with Gasteiger partial charge in [-0.05, 0) is 30.2 Å². The molecule has 0 bridgehead atoms. The molecule has 2 N–H and O–H groups in total. The highest BCUT2D eigenvalue weighted by Gasteiger charge is 2.22. The van der Waals surface area contributed by atoms with Crippen molar-refractivity contribution in [2.24, 2.45) is 0 Å². The van der Waals surface area contributed by atoms with Crippen LogP contribution in [0.5, 0.6) is 5.75 Å². The summed E-state index contributed by atoms with van der Waals surface area (Å²) in [4.78, 5) is 41.7. The summed E-state index contributed by atoms with van der Waals surface area (Å²) in [6.45, 7) is 0.351. The fourth-order valence-corrected chi connectivity index (χ4v) is 3.11. The predicted octanol–water partition coefficient (Wildman–Crippen LogP) is 3.54. The van der Waals surface area contributed by atoms with Gasteiger partial charge >= 0.3 is 0 Å². The van der Waals surface area contributed by atoms with Crippen molar-refractivity contribution in [1.82, 2.24) is 10.3 Å². The summed E-state index contributed by atoms with van der Waals surface area (Å²) in [5, 5.41) is 5.87. The van der Waals surface area contributed by atoms with Crippen LogP contribution in [-0.2, 0) is 11.2 Å². The number of ketones is 1. The van der Waals surface area contributed by atoms with Crippen LogP contribution in [0, 0.1) is 0 Å². The van der Waals surface area contributed by atoms with Crippen LogP contribution in [-0.4, -0.2) is 36.2 Å². The first-order valence-electron chi connectivity index (χ1n) is 9.44. The first-order chi connectivity index (χ1) is 15.0. The SMILES string of the molecule is COc1cncc(NC(=O)C(=O)c2ccccc2C(=O)NCCc2cccc(Cl)c2)c1. The molecule has 0 aliphatic carbocycles. The number of ether oxygens (including phenoxy) is 1. The van der Waals surface area contributed by atoms with Gasteiger partial charge in [-0.1, -0.05) is 41.9 Å². The third-order valence-corrected chi connectivity index (χ3v) is 4.65. The summed E-state index contributed by atoms with van der Waals surface area (Å²) >= 11 is 5.97. The van der Waals surface area contributed by atoms with Crippen molar-refractivity contribution in [3.05, 3.63) is 88.7 Å². The van der Waals surface area contributed by atoms with Crippen LogP contribution in [0.1, 0.15) is 26.3 Å². The van der Waals surface area contributed by atoms with Crippen molar-refractivity contribution in [1.29, 1.82) is 0 Å². The Morgan fingerprint density at radius 2 is 1.77 bits per heavy atom. The Labute approximate surface area is 184 Å². The van der Waals surface area contributed by atoms with Crippen molar-refractivity contribution in [2.45, 2.75) is 6.42 Å². The van der Waals surface area contributed by atoms with Gasteiger partial charge in [0.2, 0.25) is 0 Å². The lowest BCUT2D eigenvalue weighted by atomic mass is 10.0. The smallest absolute Gasteiger partial charge is 0.296 e. The highest BCUT2D eigenvalue weighted by Crippen LogP contribution is 2.16. The van der Waals surface area contributed by atoms with Crippen molar-refractivity contribution < 1.29 is 19.1 Å². The van der Waals surface area contributed by atoms with Gasteiger partial charge in [-0.2, -0.15) is 0 Å². The summed E-state index contributed by atoms with van der Waals surface area (Å²) < 4.78 is 5.05. The van der Waals surface area contributed by atoms with Gasteiger partial charge in [0, 0.05) is 23.2 Å². The minimum Gasteiger partial charge on any atom is -0.495 e. The zero-order chi connectivity index (χ0) is 22.2. The number of hydrogen-bond acceptors (Lipinski definition) is 5. The molecule has 0 unspecified atom stereocenters. The van der Waals surface area contributed by atoms with E-state index in [1.54, 1.807) is 18.2 Å². The van der Waals surface area contributed by atoms with Crippen LogP contribution in [0.3, 0.4) is 0 Å². The number of pyridine rings is 1. The lowest BCUT2D eigenvalue weighted by Crippen LogP contribution is -2.30. The zero-order valence-corrected chi connectivity index (χ0v) is 17.5. The quantitative estimate of drug-likeness (QED) is 0.415. The Hall–Kier alpha value is -3.71. The number of anilines is 1. The lowest BCUT2D eigenvalue weighted by molar-refractivity contribution is -0.112. The monoisotopic (exact) mass is 437 g/mol. The molecule has 158 valence electrons. The van der Waals surface area contributed by atoms with Gasteiger partial charge in [0.25, 0.3) is 17.6 Å². The number of rotatable bonds is 8. The van der Waals surface area contributed by atoms with E-state index in [1.807, 2.05) is 18.2 Å². The summed E-state index contributed by atoms with van der Waals surface area (Å²) in [5.41, 5.74) is 1.42. The van der Waals surface area contributed by atoms with Crippen molar-refractivity contribution in [2.75, 3.05) is 19.0 Å². The molecule has 1 aromatic heterocycles. The Bertz CT molecular complexity index is 1120. The van der Waals surface area contributed by atoms with Gasteiger partial charge < -0.3 is 15.4 Å². The molecule has 3 aromatic rings. The lowest BCUT2D eigenvalue weighted by Gasteiger charge is -2.10. The van der Waals surface area contributed by atoms with Crippen molar-refractivity contribution >= 4 is 34.9 Å². The molecule has 0 saturated heterocycles. The molecular weight excluding hydrogens is 418 g/mol. The number of nitrogens with one attached hydrogen (secondary N) is 2. The van der Waals surface area contributed by atoms with E-state index in [1.165, 1.54) is 37.7 Å². The Morgan fingerprint density at radius 1 is 1.00 bits per heavy atom. The standard InChI is InChI=1S/C23H20ClN3O4/c1-31-18-12-17(13-25-14-18)27-23(30)21(28)19-7-2-3-8-20(19)22(29)26-10-9-15-5-4-6-16(24)11-15/h2-8,11-14H,9-10H2,1H3,(H,26,29)(H,27,30). The van der Waals surface area contributed by atoms with Gasteiger partial charge in [-0.15, -0.1) is 0 Å².